The van der Waals surface area contributed by atoms with Gasteiger partial charge in [0.05, 0.1) is 17.8 Å². The largest absolute Gasteiger partial charge is 0.490 e. The van der Waals surface area contributed by atoms with E-state index in [1.807, 2.05) is 18.2 Å². The summed E-state index contributed by atoms with van der Waals surface area (Å²) in [4.78, 5) is 0. The van der Waals surface area contributed by atoms with Crippen LogP contribution in [0.2, 0.25) is 0 Å². The molecule has 0 amide bonds. The maximum Gasteiger partial charge on any atom is 0.131 e. The highest BCUT2D eigenvalue weighted by Gasteiger charge is 2.18. The average Bonchev–Trinajstić information content (AvgIpc) is 2.60. The molecule has 1 atom stereocenters. The molecule has 0 radical (unpaired) electrons. The Bertz CT molecular complexity index is 694. The normalized spacial score (nSPS) is 11.3. The molecule has 0 saturated heterocycles. The topological polar surface area (TPSA) is 18.5 Å². The summed E-state index contributed by atoms with van der Waals surface area (Å²) in [5, 5.41) is 1.25. The van der Waals surface area contributed by atoms with E-state index in [2.05, 4.69) is 62.1 Å². The minimum Gasteiger partial charge on any atom is -0.490 e. The van der Waals surface area contributed by atoms with Gasteiger partial charge in [-0.25, -0.2) is 0 Å². The molecule has 0 aromatic heterocycles. The molecule has 3 heteroatoms. The molecule has 0 aliphatic carbocycles. The zero-order valence-electron chi connectivity index (χ0n) is 17.5. The van der Waals surface area contributed by atoms with E-state index < -0.39 is 0 Å². The Balaban J connectivity index is 2.45. The Kier molecular flexibility index (Phi) is 8.64. The van der Waals surface area contributed by atoms with Crippen LogP contribution in [0.25, 0.3) is 11.1 Å². The summed E-state index contributed by atoms with van der Waals surface area (Å²) in [6, 6.07) is 12.7. The van der Waals surface area contributed by atoms with Gasteiger partial charge in [-0.3, -0.25) is 0 Å². The highest BCUT2D eigenvalue weighted by molar-refractivity contribution is 7.28. The Labute approximate surface area is 167 Å². The lowest BCUT2D eigenvalue weighted by Crippen LogP contribution is -2.12. The van der Waals surface area contributed by atoms with Crippen molar-refractivity contribution in [2.75, 3.05) is 0 Å². The van der Waals surface area contributed by atoms with Gasteiger partial charge in [0.15, 0.2) is 0 Å². The fourth-order valence-corrected chi connectivity index (χ4v) is 3.75. The highest BCUT2D eigenvalue weighted by Crippen LogP contribution is 2.39. The van der Waals surface area contributed by atoms with Crippen LogP contribution in [0.5, 0.6) is 11.5 Å². The van der Waals surface area contributed by atoms with Crippen molar-refractivity contribution in [3.8, 4) is 22.6 Å². The maximum atomic E-state index is 6.14. The summed E-state index contributed by atoms with van der Waals surface area (Å²) >= 11 is 0. The van der Waals surface area contributed by atoms with E-state index in [-0.39, 0.29) is 12.2 Å². The van der Waals surface area contributed by atoms with Crippen LogP contribution in [0.4, 0.5) is 0 Å². The number of ether oxygens (including phenoxy) is 2. The van der Waals surface area contributed by atoms with Crippen molar-refractivity contribution in [3.05, 3.63) is 42.0 Å². The second-order valence-electron chi connectivity index (χ2n) is 7.65. The third-order valence-corrected chi connectivity index (χ3v) is 5.16. The number of benzene rings is 2. The zero-order chi connectivity index (χ0) is 19.8. The number of rotatable bonds is 10. The minimum absolute atomic E-state index is 0.114. The molecule has 0 heterocycles. The quantitative estimate of drug-likeness (QED) is 0.340. The molecule has 2 nitrogen and oxygen atoms in total. The molecule has 0 spiro atoms. The van der Waals surface area contributed by atoms with Crippen LogP contribution >= 0.6 is 9.24 Å². The summed E-state index contributed by atoms with van der Waals surface area (Å²) in [7, 11) is 2.96. The number of unbranched alkanes of at least 4 members (excludes halogenated alkanes) is 3. The van der Waals surface area contributed by atoms with Crippen LogP contribution in [0, 0.1) is 0 Å². The minimum atomic E-state index is 0.114. The molecule has 27 heavy (non-hydrogen) atoms. The smallest absolute Gasteiger partial charge is 0.131 e. The van der Waals surface area contributed by atoms with Gasteiger partial charge in [0.2, 0.25) is 0 Å². The maximum absolute atomic E-state index is 6.14. The summed E-state index contributed by atoms with van der Waals surface area (Å²) in [5.74, 6) is 1.77. The molecule has 2 aromatic rings. The molecule has 0 aliphatic rings. The van der Waals surface area contributed by atoms with Gasteiger partial charge in [-0.05, 0) is 69.1 Å². The van der Waals surface area contributed by atoms with Crippen LogP contribution in [0.3, 0.4) is 0 Å². The first-order valence-corrected chi connectivity index (χ1v) is 10.9. The standard InChI is InChI=1S/C24H35O2P/c1-6-7-8-9-12-19-13-10-14-20(24(19)27)23-21(25-17(2)3)15-11-16-22(23)26-18(4)5/h10-11,13-18H,6-9,12,27H2,1-5H3. The van der Waals surface area contributed by atoms with E-state index >= 15 is 0 Å². The molecule has 0 N–H and O–H groups in total. The molecule has 0 aliphatic heterocycles. The Morgan fingerprint density at radius 1 is 0.815 bits per heavy atom. The van der Waals surface area contributed by atoms with Crippen LogP contribution in [-0.4, -0.2) is 12.2 Å². The van der Waals surface area contributed by atoms with Gasteiger partial charge in [-0.1, -0.05) is 50.5 Å². The van der Waals surface area contributed by atoms with Crippen molar-refractivity contribution in [3.63, 3.8) is 0 Å². The molecule has 0 saturated carbocycles. The molecule has 0 bridgehead atoms. The lowest BCUT2D eigenvalue weighted by molar-refractivity contribution is 0.231. The van der Waals surface area contributed by atoms with Gasteiger partial charge in [0, 0.05) is 0 Å². The molecular weight excluding hydrogens is 351 g/mol. The monoisotopic (exact) mass is 386 g/mol. The van der Waals surface area contributed by atoms with E-state index in [1.54, 1.807) is 0 Å². The SMILES string of the molecule is CCCCCCc1cccc(-c2c(OC(C)C)cccc2OC(C)C)c1P. The number of aryl methyl sites for hydroxylation is 1. The molecule has 2 rings (SSSR count). The average molecular weight is 387 g/mol. The van der Waals surface area contributed by atoms with Gasteiger partial charge in [0.1, 0.15) is 11.5 Å². The molecule has 0 fully saturated rings. The van der Waals surface area contributed by atoms with Crippen molar-refractivity contribution in [2.24, 2.45) is 0 Å². The van der Waals surface area contributed by atoms with Crippen molar-refractivity contribution >= 4 is 14.5 Å². The summed E-state index contributed by atoms with van der Waals surface area (Å²) in [6.45, 7) is 10.5. The van der Waals surface area contributed by atoms with Crippen molar-refractivity contribution < 1.29 is 9.47 Å². The summed E-state index contributed by atoms with van der Waals surface area (Å²) < 4.78 is 12.3. The predicted octanol–water partition coefficient (Wildman–Crippen LogP) is 6.55. The van der Waals surface area contributed by atoms with E-state index in [1.165, 1.54) is 42.1 Å². The Hall–Kier alpha value is -1.53. The third kappa shape index (κ3) is 6.25. The fourth-order valence-electron chi connectivity index (χ4n) is 3.27. The van der Waals surface area contributed by atoms with E-state index in [4.69, 9.17) is 9.47 Å². The second-order valence-corrected chi connectivity index (χ2v) is 8.23. The van der Waals surface area contributed by atoms with Crippen LogP contribution < -0.4 is 14.8 Å². The molecule has 2 aromatic carbocycles. The molecule has 148 valence electrons. The van der Waals surface area contributed by atoms with E-state index in [0.29, 0.717) is 0 Å². The van der Waals surface area contributed by atoms with Crippen LogP contribution in [0.1, 0.15) is 65.9 Å². The number of hydrogen-bond donors (Lipinski definition) is 0. The van der Waals surface area contributed by atoms with Crippen molar-refractivity contribution in [1.29, 1.82) is 0 Å². The lowest BCUT2D eigenvalue weighted by atomic mass is 9.98. The van der Waals surface area contributed by atoms with Crippen molar-refractivity contribution in [1.82, 2.24) is 0 Å². The predicted molar refractivity (Wildman–Crippen MR) is 121 cm³/mol. The van der Waals surface area contributed by atoms with E-state index in [0.717, 1.165) is 23.5 Å². The summed E-state index contributed by atoms with van der Waals surface area (Å²) in [6.07, 6.45) is 6.44. The summed E-state index contributed by atoms with van der Waals surface area (Å²) in [5.41, 5.74) is 3.63. The lowest BCUT2D eigenvalue weighted by Gasteiger charge is -2.21. The van der Waals surface area contributed by atoms with Crippen molar-refractivity contribution in [2.45, 2.75) is 78.9 Å². The van der Waals surface area contributed by atoms with E-state index in [9.17, 15) is 0 Å². The zero-order valence-corrected chi connectivity index (χ0v) is 18.7. The second kappa shape index (κ2) is 10.7. The van der Waals surface area contributed by atoms with Gasteiger partial charge >= 0.3 is 0 Å². The van der Waals surface area contributed by atoms with Crippen LogP contribution in [0.15, 0.2) is 36.4 Å². The van der Waals surface area contributed by atoms with Gasteiger partial charge in [-0.15, -0.1) is 9.24 Å². The first-order valence-electron chi connectivity index (χ1n) is 10.3. The highest BCUT2D eigenvalue weighted by atomic mass is 31.0. The van der Waals surface area contributed by atoms with Gasteiger partial charge in [0.25, 0.3) is 0 Å². The van der Waals surface area contributed by atoms with Crippen LogP contribution in [-0.2, 0) is 6.42 Å². The first kappa shape index (κ1) is 21.8. The van der Waals surface area contributed by atoms with Gasteiger partial charge < -0.3 is 9.47 Å². The Morgan fingerprint density at radius 3 is 1.96 bits per heavy atom. The first-order chi connectivity index (χ1) is 12.9. The Morgan fingerprint density at radius 2 is 1.41 bits per heavy atom. The molecule has 1 unspecified atom stereocenters. The fraction of sp³-hybridized carbons (Fsp3) is 0.500. The molecular formula is C24H35O2P. The third-order valence-electron chi connectivity index (χ3n) is 4.48. The number of hydrogen-bond acceptors (Lipinski definition) is 2. The van der Waals surface area contributed by atoms with Gasteiger partial charge in [-0.2, -0.15) is 0 Å².